The molecular formula is C13H11FN4O. The number of halogens is 1. The number of carbonyl (C=O) groups is 1. The number of benzene rings is 1. The van der Waals surface area contributed by atoms with Gasteiger partial charge >= 0.3 is 0 Å². The van der Waals surface area contributed by atoms with E-state index in [9.17, 15) is 9.18 Å². The van der Waals surface area contributed by atoms with Crippen LogP contribution in [0.25, 0.3) is 0 Å². The van der Waals surface area contributed by atoms with E-state index in [1.165, 1.54) is 23.1 Å². The minimum absolute atomic E-state index is 0.0262. The van der Waals surface area contributed by atoms with Crippen molar-refractivity contribution < 1.29 is 9.18 Å². The maximum atomic E-state index is 13.4. The molecule has 0 aliphatic rings. The molecule has 0 aromatic heterocycles. The fourth-order valence-electron chi connectivity index (χ4n) is 1.35. The van der Waals surface area contributed by atoms with Crippen molar-refractivity contribution in [1.82, 2.24) is 10.2 Å². The molecule has 5 nitrogen and oxygen atoms in total. The van der Waals surface area contributed by atoms with Gasteiger partial charge in [0.15, 0.2) is 5.57 Å². The third-order valence-electron chi connectivity index (χ3n) is 2.26. The first-order chi connectivity index (χ1) is 9.01. The van der Waals surface area contributed by atoms with Gasteiger partial charge in [0.05, 0.1) is 5.56 Å². The first-order valence-electron chi connectivity index (χ1n) is 5.29. The van der Waals surface area contributed by atoms with E-state index in [2.05, 4.69) is 5.32 Å². The predicted octanol–water partition coefficient (Wildman–Crippen LogP) is 1.38. The Hall–Kier alpha value is -2.86. The van der Waals surface area contributed by atoms with Gasteiger partial charge in [-0.3, -0.25) is 4.79 Å². The summed E-state index contributed by atoms with van der Waals surface area (Å²) in [6, 6.07) is 8.80. The van der Waals surface area contributed by atoms with E-state index in [1.54, 1.807) is 26.2 Å². The predicted molar refractivity (Wildman–Crippen MR) is 65.8 cm³/mol. The molecule has 1 amide bonds. The Morgan fingerprint density at radius 2 is 1.84 bits per heavy atom. The van der Waals surface area contributed by atoms with Gasteiger partial charge in [0, 0.05) is 14.1 Å². The van der Waals surface area contributed by atoms with Crippen LogP contribution in [0.1, 0.15) is 10.4 Å². The summed E-state index contributed by atoms with van der Waals surface area (Å²) in [5.41, 5.74) is -0.410. The summed E-state index contributed by atoms with van der Waals surface area (Å²) in [6.07, 6.45) is 0. The highest BCUT2D eigenvalue weighted by molar-refractivity contribution is 5.95. The van der Waals surface area contributed by atoms with Crippen molar-refractivity contribution in [1.29, 1.82) is 10.5 Å². The SMILES string of the molecule is CN(C)C(NC(=O)c1ccccc1F)=C(C#N)C#N. The third-order valence-corrected chi connectivity index (χ3v) is 2.26. The maximum Gasteiger partial charge on any atom is 0.259 e. The van der Waals surface area contributed by atoms with Crippen LogP contribution in [0.5, 0.6) is 0 Å². The molecule has 1 aromatic rings. The molecule has 1 N–H and O–H groups in total. The van der Waals surface area contributed by atoms with Crippen LogP contribution >= 0.6 is 0 Å². The van der Waals surface area contributed by atoms with E-state index in [1.807, 2.05) is 0 Å². The van der Waals surface area contributed by atoms with E-state index in [4.69, 9.17) is 10.5 Å². The molecular weight excluding hydrogens is 247 g/mol. The van der Waals surface area contributed by atoms with Crippen LogP contribution in [-0.2, 0) is 0 Å². The van der Waals surface area contributed by atoms with E-state index in [0.717, 1.165) is 6.07 Å². The number of rotatable bonds is 3. The van der Waals surface area contributed by atoms with Crippen molar-refractivity contribution in [2.75, 3.05) is 14.1 Å². The lowest BCUT2D eigenvalue weighted by Gasteiger charge is -2.18. The summed E-state index contributed by atoms with van der Waals surface area (Å²) in [4.78, 5) is 13.3. The molecule has 0 atom stereocenters. The van der Waals surface area contributed by atoms with Crippen LogP contribution in [0.2, 0.25) is 0 Å². The molecule has 0 radical (unpaired) electrons. The fraction of sp³-hybridized carbons (Fsp3) is 0.154. The summed E-state index contributed by atoms with van der Waals surface area (Å²) in [5.74, 6) is -1.36. The standard InChI is InChI=1S/C13H11FN4O/c1-18(2)12(9(7-15)8-16)17-13(19)10-5-3-4-6-11(10)14/h3-6H,1-2H3,(H,17,19). The lowest BCUT2D eigenvalue weighted by Crippen LogP contribution is -2.32. The normalized spacial score (nSPS) is 8.89. The van der Waals surface area contributed by atoms with Crippen molar-refractivity contribution in [3.63, 3.8) is 0 Å². The zero-order valence-electron chi connectivity index (χ0n) is 10.4. The van der Waals surface area contributed by atoms with Crippen molar-refractivity contribution in [2.24, 2.45) is 0 Å². The maximum absolute atomic E-state index is 13.4. The van der Waals surface area contributed by atoms with Gasteiger partial charge in [0.1, 0.15) is 23.8 Å². The van der Waals surface area contributed by atoms with Gasteiger partial charge in [0.25, 0.3) is 5.91 Å². The molecule has 0 unspecified atom stereocenters. The van der Waals surface area contributed by atoms with Crippen LogP contribution in [-0.4, -0.2) is 24.9 Å². The number of nitrogens with zero attached hydrogens (tertiary/aromatic N) is 3. The minimum Gasteiger partial charge on any atom is -0.363 e. The summed E-state index contributed by atoms with van der Waals surface area (Å²) in [7, 11) is 3.12. The summed E-state index contributed by atoms with van der Waals surface area (Å²) >= 11 is 0. The van der Waals surface area contributed by atoms with Crippen LogP contribution in [0.3, 0.4) is 0 Å². The molecule has 0 bridgehead atoms. The zero-order valence-corrected chi connectivity index (χ0v) is 10.4. The second-order valence-corrected chi connectivity index (χ2v) is 3.78. The van der Waals surface area contributed by atoms with Gasteiger partial charge in [-0.1, -0.05) is 12.1 Å². The van der Waals surface area contributed by atoms with E-state index in [0.29, 0.717) is 0 Å². The highest BCUT2D eigenvalue weighted by Crippen LogP contribution is 2.09. The molecule has 6 heteroatoms. The number of nitrogens with one attached hydrogen (secondary N) is 1. The molecule has 19 heavy (non-hydrogen) atoms. The summed E-state index contributed by atoms with van der Waals surface area (Å²) in [5, 5.41) is 20.0. The zero-order chi connectivity index (χ0) is 14.4. The second-order valence-electron chi connectivity index (χ2n) is 3.78. The highest BCUT2D eigenvalue weighted by Gasteiger charge is 2.16. The van der Waals surface area contributed by atoms with Gasteiger partial charge in [-0.2, -0.15) is 10.5 Å². The first-order valence-corrected chi connectivity index (χ1v) is 5.29. The molecule has 0 spiro atoms. The second kappa shape index (κ2) is 6.18. The van der Waals surface area contributed by atoms with Gasteiger partial charge in [0.2, 0.25) is 0 Å². The molecule has 1 rings (SSSR count). The lowest BCUT2D eigenvalue weighted by molar-refractivity contribution is 0.0951. The topological polar surface area (TPSA) is 79.9 Å². The Bertz CT molecular complexity index is 592. The minimum atomic E-state index is -0.718. The van der Waals surface area contributed by atoms with Crippen LogP contribution < -0.4 is 5.32 Å². The van der Waals surface area contributed by atoms with E-state index < -0.39 is 11.7 Å². The van der Waals surface area contributed by atoms with Gasteiger partial charge < -0.3 is 10.2 Å². The number of hydrogen-bond donors (Lipinski definition) is 1. The average molecular weight is 258 g/mol. The van der Waals surface area contributed by atoms with E-state index >= 15 is 0 Å². The Labute approximate surface area is 110 Å². The van der Waals surface area contributed by atoms with Gasteiger partial charge in [-0.05, 0) is 12.1 Å². The molecule has 0 fully saturated rings. The molecule has 1 aromatic carbocycles. The molecule has 0 aliphatic carbocycles. The van der Waals surface area contributed by atoms with Crippen molar-refractivity contribution in [3.8, 4) is 12.1 Å². The molecule has 0 saturated carbocycles. The van der Waals surface area contributed by atoms with Gasteiger partial charge in [-0.25, -0.2) is 4.39 Å². The van der Waals surface area contributed by atoms with Crippen LogP contribution in [0, 0.1) is 28.5 Å². The van der Waals surface area contributed by atoms with Gasteiger partial charge in [-0.15, -0.1) is 0 Å². The molecule has 0 aliphatic heterocycles. The molecule has 96 valence electrons. The van der Waals surface area contributed by atoms with Crippen molar-refractivity contribution in [3.05, 3.63) is 47.0 Å². The lowest BCUT2D eigenvalue weighted by atomic mass is 10.2. The molecule has 0 heterocycles. The summed E-state index contributed by atoms with van der Waals surface area (Å²) in [6.45, 7) is 0. The quantitative estimate of drug-likeness (QED) is 0.830. The fourth-order valence-corrected chi connectivity index (χ4v) is 1.35. The number of allylic oxidation sites excluding steroid dienone is 1. The highest BCUT2D eigenvalue weighted by atomic mass is 19.1. The average Bonchev–Trinajstić information content (AvgIpc) is 2.39. The number of nitriles is 2. The van der Waals surface area contributed by atoms with Crippen molar-refractivity contribution in [2.45, 2.75) is 0 Å². The number of carbonyl (C=O) groups excluding carboxylic acids is 1. The smallest absolute Gasteiger partial charge is 0.259 e. The Kier molecular flexibility index (Phi) is 4.62. The third kappa shape index (κ3) is 3.30. The summed E-state index contributed by atoms with van der Waals surface area (Å²) < 4.78 is 13.4. The largest absolute Gasteiger partial charge is 0.363 e. The van der Waals surface area contributed by atoms with Crippen LogP contribution in [0.4, 0.5) is 4.39 Å². The monoisotopic (exact) mass is 258 g/mol. The van der Waals surface area contributed by atoms with Crippen molar-refractivity contribution >= 4 is 5.91 Å². The van der Waals surface area contributed by atoms with Crippen LogP contribution in [0.15, 0.2) is 35.7 Å². The Balaban J connectivity index is 3.11. The Morgan fingerprint density at radius 1 is 1.26 bits per heavy atom. The number of amides is 1. The number of hydrogen-bond acceptors (Lipinski definition) is 4. The molecule has 0 saturated heterocycles. The Morgan fingerprint density at radius 3 is 2.32 bits per heavy atom. The van der Waals surface area contributed by atoms with E-state index in [-0.39, 0.29) is 17.0 Å². The first kappa shape index (κ1) is 14.2.